The molecule has 3 heterocycles. The van der Waals surface area contributed by atoms with Crippen LogP contribution in [0.15, 0.2) is 0 Å². The topological polar surface area (TPSA) is 69.7 Å². The minimum Gasteiger partial charge on any atom is -0.352 e. The van der Waals surface area contributed by atoms with Crippen molar-refractivity contribution in [3.63, 3.8) is 0 Å². The number of amides is 3. The number of piperidine rings is 2. The molecule has 0 aromatic heterocycles. The molecule has 3 amide bonds. The maximum Gasteiger partial charge on any atom is 0.232 e. The summed E-state index contributed by atoms with van der Waals surface area (Å²) in [5.74, 6) is 1.12. The second-order valence-corrected chi connectivity index (χ2v) is 9.07. The van der Waals surface area contributed by atoms with E-state index in [0.717, 1.165) is 32.4 Å². The first-order chi connectivity index (χ1) is 13.1. The molecule has 2 atom stereocenters. The number of hydrogen-bond donors (Lipinski definition) is 1. The summed E-state index contributed by atoms with van der Waals surface area (Å²) >= 11 is 0. The largest absolute Gasteiger partial charge is 0.352 e. The van der Waals surface area contributed by atoms with Crippen LogP contribution in [-0.4, -0.2) is 59.7 Å². The molecule has 27 heavy (non-hydrogen) atoms. The van der Waals surface area contributed by atoms with Crippen LogP contribution < -0.4 is 5.32 Å². The van der Waals surface area contributed by atoms with Crippen molar-refractivity contribution in [2.75, 3.05) is 26.2 Å². The van der Waals surface area contributed by atoms with Gasteiger partial charge in [-0.15, -0.1) is 0 Å². The molecule has 0 bridgehead atoms. The van der Waals surface area contributed by atoms with Gasteiger partial charge in [0.25, 0.3) is 0 Å². The average molecular weight is 376 g/mol. The Morgan fingerprint density at radius 3 is 2.48 bits per heavy atom. The molecular weight excluding hydrogens is 342 g/mol. The molecule has 150 valence electrons. The monoisotopic (exact) mass is 375 g/mol. The summed E-state index contributed by atoms with van der Waals surface area (Å²) in [5.41, 5.74) is -0.612. The molecule has 3 aliphatic heterocycles. The fraction of sp³-hybridized carbons (Fsp3) is 0.857. The van der Waals surface area contributed by atoms with E-state index in [1.165, 1.54) is 25.7 Å². The van der Waals surface area contributed by atoms with Crippen LogP contribution in [0.4, 0.5) is 0 Å². The van der Waals surface area contributed by atoms with Gasteiger partial charge in [-0.3, -0.25) is 14.4 Å². The van der Waals surface area contributed by atoms with E-state index in [1.807, 2.05) is 9.80 Å². The van der Waals surface area contributed by atoms with Crippen LogP contribution in [0.1, 0.15) is 70.6 Å². The molecule has 1 N–H and O–H groups in total. The Kier molecular flexibility index (Phi) is 5.42. The summed E-state index contributed by atoms with van der Waals surface area (Å²) in [7, 11) is 0. The Morgan fingerprint density at radius 2 is 1.74 bits per heavy atom. The summed E-state index contributed by atoms with van der Waals surface area (Å²) in [6.07, 6.45) is 10.5. The van der Waals surface area contributed by atoms with Gasteiger partial charge in [0.1, 0.15) is 0 Å². The molecule has 0 unspecified atom stereocenters. The Labute approximate surface area is 162 Å². The highest BCUT2D eigenvalue weighted by Crippen LogP contribution is 2.40. The second-order valence-electron chi connectivity index (χ2n) is 9.07. The third-order valence-electron chi connectivity index (χ3n) is 7.37. The van der Waals surface area contributed by atoms with Crippen molar-refractivity contribution in [1.29, 1.82) is 0 Å². The predicted octanol–water partition coefficient (Wildman–Crippen LogP) is 2.08. The van der Waals surface area contributed by atoms with Crippen LogP contribution in [0.5, 0.6) is 0 Å². The highest BCUT2D eigenvalue weighted by atomic mass is 16.2. The van der Waals surface area contributed by atoms with Crippen molar-refractivity contribution >= 4 is 17.7 Å². The van der Waals surface area contributed by atoms with Crippen molar-refractivity contribution in [3.8, 4) is 0 Å². The van der Waals surface area contributed by atoms with Gasteiger partial charge < -0.3 is 15.1 Å². The van der Waals surface area contributed by atoms with Gasteiger partial charge >= 0.3 is 0 Å². The lowest BCUT2D eigenvalue weighted by molar-refractivity contribution is -0.155. The standard InChI is InChI=1S/C21H33N3O3/c25-18-9-11-21(20(27)23-12-3-4-13-23)15-24(14-10-17(21)22-18)19(26)8-7-16-5-1-2-6-16/h16-17H,1-15H2,(H,22,25)/t17-,21+/m1/s1. The Bertz CT molecular complexity index is 595. The minimum absolute atomic E-state index is 0.0471. The summed E-state index contributed by atoms with van der Waals surface area (Å²) in [4.78, 5) is 42.2. The van der Waals surface area contributed by atoms with E-state index in [-0.39, 0.29) is 23.8 Å². The molecule has 4 fully saturated rings. The van der Waals surface area contributed by atoms with Gasteiger partial charge in [-0.05, 0) is 38.0 Å². The van der Waals surface area contributed by atoms with Crippen LogP contribution in [0.25, 0.3) is 0 Å². The van der Waals surface area contributed by atoms with Crippen molar-refractivity contribution in [2.45, 2.75) is 76.7 Å². The first kappa shape index (κ1) is 18.8. The summed E-state index contributed by atoms with van der Waals surface area (Å²) in [5, 5.41) is 3.08. The molecule has 0 radical (unpaired) electrons. The lowest BCUT2D eigenvalue weighted by Crippen LogP contribution is -2.67. The summed E-state index contributed by atoms with van der Waals surface area (Å²) < 4.78 is 0. The van der Waals surface area contributed by atoms with Gasteiger partial charge in [-0.25, -0.2) is 0 Å². The zero-order valence-corrected chi connectivity index (χ0v) is 16.4. The third kappa shape index (κ3) is 3.72. The maximum atomic E-state index is 13.4. The molecule has 6 nitrogen and oxygen atoms in total. The van der Waals surface area contributed by atoms with E-state index in [2.05, 4.69) is 5.32 Å². The number of nitrogens with one attached hydrogen (secondary N) is 1. The van der Waals surface area contributed by atoms with E-state index in [9.17, 15) is 14.4 Å². The Hall–Kier alpha value is -1.59. The molecule has 0 aromatic rings. The van der Waals surface area contributed by atoms with Crippen molar-refractivity contribution in [2.24, 2.45) is 11.3 Å². The first-order valence-corrected chi connectivity index (χ1v) is 10.9. The molecule has 1 aliphatic carbocycles. The van der Waals surface area contributed by atoms with Gasteiger partial charge in [0.05, 0.1) is 5.41 Å². The second kappa shape index (κ2) is 7.80. The number of nitrogens with zero attached hydrogens (tertiary/aromatic N) is 2. The van der Waals surface area contributed by atoms with Gasteiger partial charge in [-0.2, -0.15) is 0 Å². The molecule has 0 spiro atoms. The summed E-state index contributed by atoms with van der Waals surface area (Å²) in [6, 6.07) is -0.120. The highest BCUT2D eigenvalue weighted by molar-refractivity contribution is 5.89. The molecule has 4 aliphatic rings. The van der Waals surface area contributed by atoms with Crippen LogP contribution in [0.3, 0.4) is 0 Å². The number of likely N-dealkylation sites (tertiary alicyclic amines) is 2. The van der Waals surface area contributed by atoms with Gasteiger partial charge in [0, 0.05) is 45.1 Å². The minimum atomic E-state index is -0.612. The fourth-order valence-electron chi connectivity index (χ4n) is 5.71. The van der Waals surface area contributed by atoms with Gasteiger partial charge in [0.15, 0.2) is 0 Å². The molecule has 4 rings (SSSR count). The highest BCUT2D eigenvalue weighted by Gasteiger charge is 2.54. The van der Waals surface area contributed by atoms with Crippen molar-refractivity contribution < 1.29 is 14.4 Å². The lowest BCUT2D eigenvalue weighted by atomic mass is 9.69. The Balaban J connectivity index is 1.46. The van der Waals surface area contributed by atoms with E-state index in [1.54, 1.807) is 0 Å². The van der Waals surface area contributed by atoms with Crippen LogP contribution in [0, 0.1) is 11.3 Å². The van der Waals surface area contributed by atoms with Crippen molar-refractivity contribution in [3.05, 3.63) is 0 Å². The number of carbonyl (C=O) groups is 3. The van der Waals surface area contributed by atoms with E-state index < -0.39 is 5.41 Å². The molecule has 6 heteroatoms. The summed E-state index contributed by atoms with van der Waals surface area (Å²) in [6.45, 7) is 2.77. The zero-order chi connectivity index (χ0) is 18.9. The van der Waals surface area contributed by atoms with Crippen LogP contribution >= 0.6 is 0 Å². The quantitative estimate of drug-likeness (QED) is 0.818. The van der Waals surface area contributed by atoms with Gasteiger partial charge in [0.2, 0.25) is 17.7 Å². The fourth-order valence-corrected chi connectivity index (χ4v) is 5.71. The van der Waals surface area contributed by atoms with Crippen molar-refractivity contribution in [1.82, 2.24) is 15.1 Å². The number of rotatable bonds is 4. The SMILES string of the molecule is O=C1CC[C@]2(C(=O)N3CCCC3)CN(C(=O)CCC3CCCC3)CC[C@H]2N1. The van der Waals surface area contributed by atoms with Crippen LogP contribution in [-0.2, 0) is 14.4 Å². The molecule has 1 saturated carbocycles. The van der Waals surface area contributed by atoms with E-state index >= 15 is 0 Å². The van der Waals surface area contributed by atoms with E-state index in [4.69, 9.17) is 0 Å². The number of carbonyl (C=O) groups excluding carboxylic acids is 3. The molecular formula is C21H33N3O3. The zero-order valence-electron chi connectivity index (χ0n) is 16.4. The smallest absolute Gasteiger partial charge is 0.232 e. The molecule has 0 aromatic carbocycles. The van der Waals surface area contributed by atoms with Gasteiger partial charge in [-0.1, -0.05) is 25.7 Å². The number of fused-ring (bicyclic) bond motifs is 1. The van der Waals surface area contributed by atoms with Crippen LogP contribution in [0.2, 0.25) is 0 Å². The first-order valence-electron chi connectivity index (χ1n) is 10.9. The lowest BCUT2D eigenvalue weighted by Gasteiger charge is -2.50. The Morgan fingerprint density at radius 1 is 1.00 bits per heavy atom. The average Bonchev–Trinajstić information content (AvgIpc) is 3.39. The maximum absolute atomic E-state index is 13.4. The molecule has 3 saturated heterocycles. The van der Waals surface area contributed by atoms with E-state index in [0.29, 0.717) is 44.7 Å². The normalized spacial score (nSPS) is 31.7. The predicted molar refractivity (Wildman–Crippen MR) is 102 cm³/mol. The third-order valence-corrected chi connectivity index (χ3v) is 7.37. The number of hydrogen-bond acceptors (Lipinski definition) is 3.